The summed E-state index contributed by atoms with van der Waals surface area (Å²) in [6.07, 6.45) is 4.09. The lowest BCUT2D eigenvalue weighted by atomic mass is 9.62. The fourth-order valence-electron chi connectivity index (χ4n) is 4.14. The molecule has 1 aliphatic rings. The summed E-state index contributed by atoms with van der Waals surface area (Å²) in [7, 11) is 0. The van der Waals surface area contributed by atoms with E-state index >= 15 is 0 Å². The van der Waals surface area contributed by atoms with Gasteiger partial charge in [0.2, 0.25) is 0 Å². The van der Waals surface area contributed by atoms with Crippen molar-refractivity contribution in [2.75, 3.05) is 6.61 Å². The zero-order chi connectivity index (χ0) is 22.1. The van der Waals surface area contributed by atoms with Crippen LogP contribution in [-0.2, 0) is 10.8 Å². The number of aromatic carboxylic acids is 1. The topological polar surface area (TPSA) is 63.6 Å². The third-order valence-electron chi connectivity index (χ3n) is 6.35. The number of rotatable bonds is 7. The smallest absolute Gasteiger partial charge is 0.335 e. The maximum Gasteiger partial charge on any atom is 0.335 e. The van der Waals surface area contributed by atoms with Crippen LogP contribution >= 0.6 is 0 Å². The first kappa shape index (κ1) is 22.1. The second-order valence-electron chi connectivity index (χ2n) is 9.58. The Morgan fingerprint density at radius 1 is 0.933 bits per heavy atom. The predicted molar refractivity (Wildman–Crippen MR) is 119 cm³/mol. The first-order valence-electron chi connectivity index (χ1n) is 10.8. The lowest BCUT2D eigenvalue weighted by molar-refractivity contribution is 0.0696. The second-order valence-corrected chi connectivity index (χ2v) is 9.58. The van der Waals surface area contributed by atoms with Crippen LogP contribution in [0.15, 0.2) is 36.4 Å². The van der Waals surface area contributed by atoms with Gasteiger partial charge >= 0.3 is 5.97 Å². The molecule has 0 atom stereocenters. The molecule has 3 rings (SSSR count). The largest absolute Gasteiger partial charge is 0.493 e. The Balaban J connectivity index is 2.11. The minimum atomic E-state index is -1.00. The Morgan fingerprint density at radius 3 is 2.00 bits per heavy atom. The molecule has 0 saturated heterocycles. The van der Waals surface area contributed by atoms with E-state index in [1.54, 1.807) is 12.1 Å². The molecule has 0 spiro atoms. The van der Waals surface area contributed by atoms with Crippen molar-refractivity contribution in [2.24, 2.45) is 0 Å². The number of benzene rings is 2. The lowest BCUT2D eigenvalue weighted by Gasteiger charge is -2.42. The Kier molecular flexibility index (Phi) is 6.07. The molecule has 0 amide bonds. The highest BCUT2D eigenvalue weighted by molar-refractivity contribution is 6.11. The maximum atomic E-state index is 13.4. The van der Waals surface area contributed by atoms with Gasteiger partial charge in [-0.1, -0.05) is 53.2 Å². The number of carbonyl (C=O) groups excluding carboxylic acids is 1. The molecule has 0 bridgehead atoms. The maximum absolute atomic E-state index is 13.4. The number of ketones is 1. The molecule has 30 heavy (non-hydrogen) atoms. The minimum Gasteiger partial charge on any atom is -0.493 e. The third-order valence-corrected chi connectivity index (χ3v) is 6.35. The molecule has 1 aliphatic carbocycles. The average Bonchev–Trinajstić information content (AvgIpc) is 2.71. The predicted octanol–water partition coefficient (Wildman–Crippen LogP) is 6.14. The summed E-state index contributed by atoms with van der Waals surface area (Å²) in [4.78, 5) is 24.6. The fraction of sp³-hybridized carbons (Fsp3) is 0.462. The first-order chi connectivity index (χ1) is 14.1. The molecule has 0 saturated carbocycles. The van der Waals surface area contributed by atoms with Gasteiger partial charge in [-0.25, -0.2) is 4.79 Å². The van der Waals surface area contributed by atoms with Crippen LogP contribution in [-0.4, -0.2) is 23.5 Å². The highest BCUT2D eigenvalue weighted by Crippen LogP contribution is 2.48. The normalized spacial score (nSPS) is 16.6. The summed E-state index contributed by atoms with van der Waals surface area (Å²) < 4.78 is 6.09. The number of fused-ring (bicyclic) bond motifs is 1. The van der Waals surface area contributed by atoms with Crippen LogP contribution in [0.25, 0.3) is 0 Å². The molecule has 2 aromatic rings. The quantitative estimate of drug-likeness (QED) is 0.441. The van der Waals surface area contributed by atoms with E-state index in [1.807, 2.05) is 6.07 Å². The van der Waals surface area contributed by atoms with Crippen molar-refractivity contribution in [3.05, 3.63) is 64.2 Å². The highest BCUT2D eigenvalue weighted by Gasteiger charge is 2.38. The molecule has 4 nitrogen and oxygen atoms in total. The van der Waals surface area contributed by atoms with Gasteiger partial charge in [0.05, 0.1) is 17.7 Å². The molecular formula is C26H32O4. The molecule has 4 heteroatoms. The number of unbranched alkanes of at least 4 members (excludes halogenated alkanes) is 1. The van der Waals surface area contributed by atoms with Gasteiger partial charge in [0.25, 0.3) is 0 Å². The SMILES string of the molecule is CCCCOc1cc2c(cc1C(=O)c1ccc(C(=O)O)cc1)C(C)(C)CCC2(C)C. The van der Waals surface area contributed by atoms with Gasteiger partial charge in [0, 0.05) is 5.56 Å². The first-order valence-corrected chi connectivity index (χ1v) is 10.8. The Hall–Kier alpha value is -2.62. The number of carboxylic acid groups (broad SMARTS) is 1. The van der Waals surface area contributed by atoms with Crippen LogP contribution in [0.3, 0.4) is 0 Å². The summed E-state index contributed by atoms with van der Waals surface area (Å²) in [5.74, 6) is -0.518. The monoisotopic (exact) mass is 408 g/mol. The van der Waals surface area contributed by atoms with E-state index in [0.717, 1.165) is 25.7 Å². The minimum absolute atomic E-state index is 0.0189. The van der Waals surface area contributed by atoms with Crippen LogP contribution in [0.2, 0.25) is 0 Å². The lowest BCUT2D eigenvalue weighted by Crippen LogP contribution is -2.34. The zero-order valence-corrected chi connectivity index (χ0v) is 18.7. The third kappa shape index (κ3) is 4.28. The number of ether oxygens (including phenoxy) is 1. The number of hydrogen-bond acceptors (Lipinski definition) is 3. The zero-order valence-electron chi connectivity index (χ0n) is 18.7. The van der Waals surface area contributed by atoms with Crippen LogP contribution < -0.4 is 4.74 Å². The summed E-state index contributed by atoms with van der Waals surface area (Å²) in [6, 6.07) is 10.2. The number of hydrogen-bond donors (Lipinski definition) is 1. The van der Waals surface area contributed by atoms with E-state index in [1.165, 1.54) is 23.3 Å². The number of carboxylic acids is 1. The van der Waals surface area contributed by atoms with Crippen molar-refractivity contribution in [2.45, 2.75) is 71.1 Å². The van der Waals surface area contributed by atoms with Gasteiger partial charge < -0.3 is 9.84 Å². The van der Waals surface area contributed by atoms with E-state index in [2.05, 4.69) is 40.7 Å². The molecule has 160 valence electrons. The molecule has 0 aromatic heterocycles. The van der Waals surface area contributed by atoms with Crippen LogP contribution in [0.5, 0.6) is 5.75 Å². The second kappa shape index (κ2) is 8.25. The fourth-order valence-corrected chi connectivity index (χ4v) is 4.14. The van der Waals surface area contributed by atoms with E-state index in [4.69, 9.17) is 9.84 Å². The van der Waals surface area contributed by atoms with Gasteiger partial charge in [0.1, 0.15) is 5.75 Å². The van der Waals surface area contributed by atoms with Gasteiger partial charge in [-0.05, 0) is 65.5 Å². The van der Waals surface area contributed by atoms with E-state index in [9.17, 15) is 9.59 Å². The van der Waals surface area contributed by atoms with Gasteiger partial charge in [-0.15, -0.1) is 0 Å². The molecule has 0 aliphatic heterocycles. The average molecular weight is 409 g/mol. The van der Waals surface area contributed by atoms with Crippen molar-refractivity contribution in [3.63, 3.8) is 0 Å². The Bertz CT molecular complexity index is 952. The molecule has 0 heterocycles. The Morgan fingerprint density at radius 2 is 1.47 bits per heavy atom. The Labute approximate surface area is 179 Å². The standard InChI is InChI=1S/C26H32O4/c1-6-7-14-30-22-16-21-20(25(2,3)12-13-26(21,4)5)15-19(22)23(27)17-8-10-18(11-9-17)24(28)29/h8-11,15-16H,6-7,12-14H2,1-5H3,(H,28,29). The van der Waals surface area contributed by atoms with E-state index in [-0.39, 0.29) is 22.2 Å². The van der Waals surface area contributed by atoms with Crippen molar-refractivity contribution >= 4 is 11.8 Å². The van der Waals surface area contributed by atoms with Crippen LogP contribution in [0, 0.1) is 0 Å². The molecule has 2 aromatic carbocycles. The van der Waals surface area contributed by atoms with Gasteiger partial charge in [-0.3, -0.25) is 4.79 Å². The summed E-state index contributed by atoms with van der Waals surface area (Å²) in [5, 5.41) is 9.13. The van der Waals surface area contributed by atoms with E-state index < -0.39 is 5.97 Å². The van der Waals surface area contributed by atoms with E-state index in [0.29, 0.717) is 23.5 Å². The molecule has 0 fully saturated rings. The van der Waals surface area contributed by atoms with Crippen LogP contribution in [0.1, 0.15) is 97.7 Å². The summed E-state index contributed by atoms with van der Waals surface area (Å²) in [5.41, 5.74) is 3.65. The summed E-state index contributed by atoms with van der Waals surface area (Å²) in [6.45, 7) is 11.6. The molecule has 0 radical (unpaired) electrons. The molecule has 0 unspecified atom stereocenters. The van der Waals surface area contributed by atoms with Crippen LogP contribution in [0.4, 0.5) is 0 Å². The van der Waals surface area contributed by atoms with Gasteiger partial charge in [-0.2, -0.15) is 0 Å². The molecule has 1 N–H and O–H groups in total. The number of carbonyl (C=O) groups is 2. The van der Waals surface area contributed by atoms with Crippen molar-refractivity contribution in [1.29, 1.82) is 0 Å². The highest BCUT2D eigenvalue weighted by atomic mass is 16.5. The van der Waals surface area contributed by atoms with Crippen molar-refractivity contribution in [3.8, 4) is 5.75 Å². The van der Waals surface area contributed by atoms with Gasteiger partial charge in [0.15, 0.2) is 5.78 Å². The van der Waals surface area contributed by atoms with Crippen molar-refractivity contribution in [1.82, 2.24) is 0 Å². The summed E-state index contributed by atoms with van der Waals surface area (Å²) >= 11 is 0. The molecular weight excluding hydrogens is 376 g/mol. The van der Waals surface area contributed by atoms with Crippen molar-refractivity contribution < 1.29 is 19.4 Å².